The van der Waals surface area contributed by atoms with Crippen LogP contribution in [0.5, 0.6) is 0 Å². The maximum Gasteiger partial charge on any atom is 0.253 e. The van der Waals surface area contributed by atoms with E-state index in [4.69, 9.17) is 16.2 Å². The number of hydrogen-bond acceptors (Lipinski definition) is 5. The van der Waals surface area contributed by atoms with Gasteiger partial charge in [0.1, 0.15) is 0 Å². The van der Waals surface area contributed by atoms with E-state index in [1.54, 1.807) is 53.4 Å². The second kappa shape index (κ2) is 9.11. The Labute approximate surface area is 180 Å². The zero-order valence-electron chi connectivity index (χ0n) is 16.3. The van der Waals surface area contributed by atoms with E-state index in [9.17, 15) is 9.59 Å². The minimum Gasteiger partial charge on any atom is -0.399 e. The highest BCUT2D eigenvalue weighted by Gasteiger charge is 2.19. The molecule has 0 radical (unpaired) electrons. The Morgan fingerprint density at radius 1 is 1.00 bits per heavy atom. The van der Waals surface area contributed by atoms with Gasteiger partial charge in [0.15, 0.2) is 0 Å². The number of ether oxygens (including phenoxy) is 1. The largest absolute Gasteiger partial charge is 0.399 e. The molecule has 2 amide bonds. The van der Waals surface area contributed by atoms with E-state index in [0.29, 0.717) is 59.9 Å². The number of rotatable bonds is 3. The first-order chi connectivity index (χ1) is 14.0. The summed E-state index contributed by atoms with van der Waals surface area (Å²) in [5, 5.41) is 0.748. The lowest BCUT2D eigenvalue weighted by atomic mass is 10.0. The maximum atomic E-state index is 12.8. The van der Waals surface area contributed by atoms with Crippen molar-refractivity contribution in [1.29, 1.82) is 0 Å². The van der Waals surface area contributed by atoms with Crippen LogP contribution in [0.1, 0.15) is 27.1 Å². The molecule has 4 N–H and O–H groups in total. The van der Waals surface area contributed by atoms with E-state index in [0.717, 1.165) is 11.8 Å². The first-order valence-corrected chi connectivity index (χ1v) is 9.50. The van der Waals surface area contributed by atoms with E-state index in [1.165, 1.54) is 0 Å². The van der Waals surface area contributed by atoms with E-state index < -0.39 is 5.91 Å². The number of nitrogens with two attached hydrogens (primary N) is 2. The van der Waals surface area contributed by atoms with Crippen LogP contribution in [0, 0.1) is 0 Å². The van der Waals surface area contributed by atoms with Crippen LogP contribution in [-0.4, -0.2) is 48.0 Å². The molecule has 1 aromatic heterocycles. The van der Waals surface area contributed by atoms with Crippen LogP contribution in [-0.2, 0) is 4.74 Å². The average Bonchev–Trinajstić information content (AvgIpc) is 3.02. The molecular weight excluding hydrogens is 404 g/mol. The molecule has 156 valence electrons. The van der Waals surface area contributed by atoms with Gasteiger partial charge in [-0.25, -0.2) is 4.98 Å². The average molecular weight is 427 g/mol. The van der Waals surface area contributed by atoms with Crippen molar-refractivity contribution in [2.75, 3.05) is 32.0 Å². The van der Waals surface area contributed by atoms with Gasteiger partial charge in [-0.15, -0.1) is 12.4 Å². The number of carbonyl (C=O) groups is 2. The van der Waals surface area contributed by atoms with E-state index >= 15 is 0 Å². The van der Waals surface area contributed by atoms with Crippen LogP contribution in [0.4, 0.5) is 5.69 Å². The molecule has 30 heavy (non-hydrogen) atoms. The quantitative estimate of drug-likeness (QED) is 0.625. The van der Waals surface area contributed by atoms with Crippen molar-refractivity contribution in [2.24, 2.45) is 5.73 Å². The summed E-state index contributed by atoms with van der Waals surface area (Å²) in [6.07, 6.45) is 0.831. The van der Waals surface area contributed by atoms with Gasteiger partial charge in [-0.05, 0) is 42.8 Å². The summed E-state index contributed by atoms with van der Waals surface area (Å²) in [7, 11) is 0. The van der Waals surface area contributed by atoms with Crippen LogP contribution >= 0.6 is 12.4 Å². The fourth-order valence-corrected chi connectivity index (χ4v) is 3.51. The zero-order chi connectivity index (χ0) is 20.4. The predicted molar refractivity (Wildman–Crippen MR) is 119 cm³/mol. The van der Waals surface area contributed by atoms with Crippen LogP contribution < -0.4 is 11.5 Å². The molecule has 2 aromatic carbocycles. The number of fused-ring (bicyclic) bond motifs is 1. The molecule has 3 aromatic rings. The molecule has 0 bridgehead atoms. The van der Waals surface area contributed by atoms with Crippen LogP contribution in [0.25, 0.3) is 22.2 Å². The fraction of sp³-hybridized carbons (Fsp3) is 0.227. The smallest absolute Gasteiger partial charge is 0.253 e. The summed E-state index contributed by atoms with van der Waals surface area (Å²) in [6, 6.07) is 14.1. The van der Waals surface area contributed by atoms with Crippen molar-refractivity contribution < 1.29 is 14.3 Å². The Bertz CT molecular complexity index is 1080. The standard InChI is InChI=1S/C22H22N4O3.ClH/c23-17-6-7-19-16(12-17)13-18(21(24)27)20(25-19)14-2-4-15(5-3-14)22(28)26-8-1-10-29-11-9-26;/h2-7,12-13H,1,8-11,23H2,(H2,24,27);1H. The molecule has 1 saturated heterocycles. The molecule has 0 aliphatic carbocycles. The minimum absolute atomic E-state index is 0. The van der Waals surface area contributed by atoms with Crippen LogP contribution in [0.2, 0.25) is 0 Å². The van der Waals surface area contributed by atoms with Crippen molar-refractivity contribution in [3.63, 3.8) is 0 Å². The first-order valence-electron chi connectivity index (χ1n) is 9.50. The second-order valence-corrected chi connectivity index (χ2v) is 7.04. The lowest BCUT2D eigenvalue weighted by Crippen LogP contribution is -2.33. The molecule has 0 unspecified atom stereocenters. The van der Waals surface area contributed by atoms with E-state index in [2.05, 4.69) is 4.98 Å². The molecule has 7 nitrogen and oxygen atoms in total. The summed E-state index contributed by atoms with van der Waals surface area (Å²) < 4.78 is 5.41. The van der Waals surface area contributed by atoms with Gasteiger partial charge in [-0.3, -0.25) is 9.59 Å². The second-order valence-electron chi connectivity index (χ2n) is 7.04. The summed E-state index contributed by atoms with van der Waals surface area (Å²) in [5.41, 5.74) is 14.8. The Morgan fingerprint density at radius 3 is 2.50 bits per heavy atom. The Hall–Kier alpha value is -3.16. The van der Waals surface area contributed by atoms with Gasteiger partial charge >= 0.3 is 0 Å². The third-order valence-corrected chi connectivity index (χ3v) is 5.02. The number of pyridine rings is 1. The number of hydrogen-bond donors (Lipinski definition) is 2. The number of primary amides is 1. The van der Waals surface area contributed by atoms with Crippen LogP contribution in [0.3, 0.4) is 0 Å². The highest BCUT2D eigenvalue weighted by molar-refractivity contribution is 6.03. The normalized spacial score (nSPS) is 14.1. The summed E-state index contributed by atoms with van der Waals surface area (Å²) >= 11 is 0. The van der Waals surface area contributed by atoms with Crippen molar-refractivity contribution >= 4 is 40.8 Å². The lowest BCUT2D eigenvalue weighted by Gasteiger charge is -2.19. The number of anilines is 1. The van der Waals surface area contributed by atoms with Gasteiger partial charge in [0.05, 0.1) is 23.4 Å². The molecule has 1 fully saturated rings. The fourth-order valence-electron chi connectivity index (χ4n) is 3.51. The van der Waals surface area contributed by atoms with Crippen molar-refractivity contribution in [1.82, 2.24) is 9.88 Å². The molecule has 0 saturated carbocycles. The molecule has 8 heteroatoms. The molecule has 1 aliphatic heterocycles. The van der Waals surface area contributed by atoms with Gasteiger partial charge < -0.3 is 21.1 Å². The minimum atomic E-state index is -0.568. The van der Waals surface area contributed by atoms with E-state index in [-0.39, 0.29) is 18.3 Å². The van der Waals surface area contributed by atoms with Crippen molar-refractivity contribution in [3.8, 4) is 11.3 Å². The highest BCUT2D eigenvalue weighted by Crippen LogP contribution is 2.27. The summed E-state index contributed by atoms with van der Waals surface area (Å²) in [5.74, 6) is -0.597. The third-order valence-electron chi connectivity index (χ3n) is 5.02. The van der Waals surface area contributed by atoms with Gasteiger partial charge in [-0.1, -0.05) is 12.1 Å². The maximum absolute atomic E-state index is 12.8. The topological polar surface area (TPSA) is 112 Å². The Morgan fingerprint density at radius 2 is 1.77 bits per heavy atom. The van der Waals surface area contributed by atoms with Gasteiger partial charge in [0.2, 0.25) is 0 Å². The Balaban J connectivity index is 0.00000256. The summed E-state index contributed by atoms with van der Waals surface area (Å²) in [4.78, 5) is 31.2. The van der Waals surface area contributed by atoms with Gasteiger partial charge in [-0.2, -0.15) is 0 Å². The lowest BCUT2D eigenvalue weighted by molar-refractivity contribution is 0.0741. The molecule has 0 atom stereocenters. The number of aromatic nitrogens is 1. The predicted octanol–water partition coefficient (Wildman–Crippen LogP) is 2.87. The highest BCUT2D eigenvalue weighted by atomic mass is 35.5. The number of carbonyl (C=O) groups excluding carboxylic acids is 2. The molecule has 1 aliphatic rings. The number of halogens is 1. The van der Waals surface area contributed by atoms with Gasteiger partial charge in [0.25, 0.3) is 11.8 Å². The molecule has 0 spiro atoms. The first kappa shape index (κ1) is 21.5. The number of nitrogens with zero attached hydrogens (tertiary/aromatic N) is 2. The van der Waals surface area contributed by atoms with Crippen molar-refractivity contribution in [3.05, 3.63) is 59.7 Å². The van der Waals surface area contributed by atoms with Crippen LogP contribution in [0.15, 0.2) is 48.5 Å². The number of nitrogen functional groups attached to an aromatic ring is 1. The summed E-state index contributed by atoms with van der Waals surface area (Å²) in [6.45, 7) is 2.50. The zero-order valence-corrected chi connectivity index (χ0v) is 17.2. The number of amides is 2. The third kappa shape index (κ3) is 4.37. The monoisotopic (exact) mass is 426 g/mol. The molecule has 2 heterocycles. The van der Waals surface area contributed by atoms with E-state index in [1.807, 2.05) is 0 Å². The number of benzene rings is 2. The van der Waals surface area contributed by atoms with Crippen molar-refractivity contribution in [2.45, 2.75) is 6.42 Å². The molecular formula is C22H23ClN4O3. The molecule has 4 rings (SSSR count). The Kier molecular flexibility index (Phi) is 6.54. The van der Waals surface area contributed by atoms with Gasteiger partial charge in [0, 0.05) is 41.9 Å². The SMILES string of the molecule is Cl.NC(=O)c1cc2cc(N)ccc2nc1-c1ccc(C(=O)N2CCCOCC2)cc1.